The van der Waals surface area contributed by atoms with Crippen molar-refractivity contribution in [1.82, 2.24) is 5.32 Å². The topological polar surface area (TPSA) is 79.5 Å². The quantitative estimate of drug-likeness (QED) is 0.861. The molecule has 0 aliphatic heterocycles. The van der Waals surface area contributed by atoms with Gasteiger partial charge in [0.25, 0.3) is 5.91 Å². The first kappa shape index (κ1) is 12.7. The monoisotopic (exact) mass is 251 g/mol. The van der Waals surface area contributed by atoms with Crippen molar-refractivity contribution in [3.63, 3.8) is 0 Å². The molecule has 1 saturated carbocycles. The molecule has 0 radical (unpaired) electrons. The highest BCUT2D eigenvalue weighted by Crippen LogP contribution is 2.32. The second-order valence-corrected chi connectivity index (χ2v) is 4.76. The average molecular weight is 251 g/mol. The third kappa shape index (κ3) is 2.25. The number of carbonyl (C=O) groups is 2. The van der Waals surface area contributed by atoms with Gasteiger partial charge < -0.3 is 14.8 Å². The van der Waals surface area contributed by atoms with E-state index in [0.29, 0.717) is 0 Å². The largest absolute Gasteiger partial charge is 0.478 e. The van der Waals surface area contributed by atoms with E-state index >= 15 is 0 Å². The van der Waals surface area contributed by atoms with Gasteiger partial charge >= 0.3 is 5.97 Å². The predicted octanol–water partition coefficient (Wildman–Crippen LogP) is 2.43. The van der Waals surface area contributed by atoms with Gasteiger partial charge in [0.1, 0.15) is 5.56 Å². The van der Waals surface area contributed by atoms with Crippen LogP contribution in [0.3, 0.4) is 0 Å². The number of furan rings is 1. The van der Waals surface area contributed by atoms with Crippen LogP contribution in [0.4, 0.5) is 0 Å². The van der Waals surface area contributed by atoms with Gasteiger partial charge in [-0.25, -0.2) is 4.79 Å². The Morgan fingerprint density at radius 1 is 1.44 bits per heavy atom. The molecule has 1 aromatic heterocycles. The zero-order valence-corrected chi connectivity index (χ0v) is 10.4. The van der Waals surface area contributed by atoms with E-state index in [4.69, 9.17) is 9.52 Å². The molecule has 1 aliphatic carbocycles. The molecule has 5 nitrogen and oxygen atoms in total. The maximum absolute atomic E-state index is 12.1. The normalized spacial score (nSPS) is 17.6. The number of carboxylic acid groups (broad SMARTS) is 1. The summed E-state index contributed by atoms with van der Waals surface area (Å²) < 4.78 is 4.99. The van der Waals surface area contributed by atoms with Crippen LogP contribution in [0.25, 0.3) is 0 Å². The van der Waals surface area contributed by atoms with Crippen LogP contribution in [0.5, 0.6) is 0 Å². The van der Waals surface area contributed by atoms with Crippen LogP contribution in [0, 0.1) is 0 Å². The van der Waals surface area contributed by atoms with E-state index in [1.807, 2.05) is 6.92 Å². The molecule has 98 valence electrons. The van der Waals surface area contributed by atoms with Gasteiger partial charge in [-0.15, -0.1) is 0 Å². The van der Waals surface area contributed by atoms with E-state index in [2.05, 4.69) is 5.32 Å². The van der Waals surface area contributed by atoms with Crippen molar-refractivity contribution in [2.45, 2.75) is 44.6 Å². The number of hydrogen-bond donors (Lipinski definition) is 2. The van der Waals surface area contributed by atoms with Crippen molar-refractivity contribution in [3.8, 4) is 0 Å². The number of nitrogens with one attached hydrogen (secondary N) is 1. The van der Waals surface area contributed by atoms with Crippen LogP contribution in [0.15, 0.2) is 16.7 Å². The van der Waals surface area contributed by atoms with E-state index < -0.39 is 11.9 Å². The lowest BCUT2D eigenvalue weighted by Crippen LogP contribution is -2.46. The van der Waals surface area contributed by atoms with Crippen LogP contribution < -0.4 is 5.32 Å². The van der Waals surface area contributed by atoms with E-state index in [1.54, 1.807) is 0 Å². The smallest absolute Gasteiger partial charge is 0.339 e. The maximum atomic E-state index is 12.1. The summed E-state index contributed by atoms with van der Waals surface area (Å²) in [5, 5.41) is 11.9. The number of carbonyl (C=O) groups excluding carboxylic acids is 1. The molecule has 0 atom stereocenters. The van der Waals surface area contributed by atoms with Gasteiger partial charge in [-0.1, -0.05) is 19.8 Å². The number of rotatable bonds is 4. The van der Waals surface area contributed by atoms with Crippen LogP contribution >= 0.6 is 0 Å². The molecule has 0 aromatic carbocycles. The van der Waals surface area contributed by atoms with E-state index in [1.165, 1.54) is 12.3 Å². The first-order valence-electron chi connectivity index (χ1n) is 6.21. The van der Waals surface area contributed by atoms with Crippen molar-refractivity contribution in [1.29, 1.82) is 0 Å². The molecule has 0 saturated heterocycles. The SMILES string of the molecule is CCC1(NC(=O)c2occc2C(=O)O)CCCC1. The molecule has 5 heteroatoms. The minimum atomic E-state index is -1.15. The van der Waals surface area contributed by atoms with Gasteiger partial charge in [0, 0.05) is 5.54 Å². The minimum Gasteiger partial charge on any atom is -0.478 e. The highest BCUT2D eigenvalue weighted by molar-refractivity contribution is 6.02. The Morgan fingerprint density at radius 3 is 2.67 bits per heavy atom. The van der Waals surface area contributed by atoms with E-state index in [9.17, 15) is 9.59 Å². The molecule has 0 bridgehead atoms. The van der Waals surface area contributed by atoms with Gasteiger partial charge in [0.05, 0.1) is 6.26 Å². The average Bonchev–Trinajstić information content (AvgIpc) is 2.97. The molecule has 1 fully saturated rings. The second-order valence-electron chi connectivity index (χ2n) is 4.76. The highest BCUT2D eigenvalue weighted by atomic mass is 16.4. The zero-order chi connectivity index (χ0) is 13.2. The number of amides is 1. The molecule has 1 aliphatic rings. The Hall–Kier alpha value is -1.78. The molecule has 1 heterocycles. The summed E-state index contributed by atoms with van der Waals surface area (Å²) in [6.07, 6.45) is 6.15. The summed E-state index contributed by atoms with van der Waals surface area (Å²) in [7, 11) is 0. The number of carboxylic acids is 1. The van der Waals surface area contributed by atoms with E-state index in [-0.39, 0.29) is 16.9 Å². The first-order valence-corrected chi connectivity index (χ1v) is 6.21. The standard InChI is InChI=1S/C13H17NO4/c1-2-13(6-3-4-7-13)14-11(15)10-9(12(16)17)5-8-18-10/h5,8H,2-4,6-7H2,1H3,(H,14,15)(H,16,17). The fourth-order valence-electron chi connectivity index (χ4n) is 2.57. The summed E-state index contributed by atoms with van der Waals surface area (Å²) in [6.45, 7) is 2.03. The Labute approximate surface area is 105 Å². The summed E-state index contributed by atoms with van der Waals surface area (Å²) in [6, 6.07) is 1.30. The maximum Gasteiger partial charge on any atom is 0.339 e. The Bertz CT molecular complexity index is 457. The molecular weight excluding hydrogens is 234 g/mol. The van der Waals surface area contributed by atoms with Crippen LogP contribution in [-0.4, -0.2) is 22.5 Å². The third-order valence-corrected chi connectivity index (χ3v) is 3.72. The molecule has 2 N–H and O–H groups in total. The Morgan fingerprint density at radius 2 is 2.11 bits per heavy atom. The molecule has 1 aromatic rings. The van der Waals surface area contributed by atoms with E-state index in [0.717, 1.165) is 32.1 Å². The molecular formula is C13H17NO4. The van der Waals surface area contributed by atoms with Crippen molar-refractivity contribution in [2.24, 2.45) is 0 Å². The summed E-state index contributed by atoms with van der Waals surface area (Å²) in [5.41, 5.74) is -0.281. The molecule has 0 unspecified atom stereocenters. The lowest BCUT2D eigenvalue weighted by atomic mass is 9.94. The first-order chi connectivity index (χ1) is 8.58. The minimum absolute atomic E-state index is 0.0863. The zero-order valence-electron chi connectivity index (χ0n) is 10.4. The van der Waals surface area contributed by atoms with Crippen molar-refractivity contribution in [2.75, 3.05) is 0 Å². The van der Waals surface area contributed by atoms with Crippen LogP contribution in [0.2, 0.25) is 0 Å². The molecule has 18 heavy (non-hydrogen) atoms. The Balaban J connectivity index is 2.16. The van der Waals surface area contributed by atoms with Crippen molar-refractivity contribution < 1.29 is 19.1 Å². The predicted molar refractivity (Wildman–Crippen MR) is 64.6 cm³/mol. The van der Waals surface area contributed by atoms with Gasteiger partial charge in [0.2, 0.25) is 5.76 Å². The Kier molecular flexibility index (Phi) is 3.41. The second kappa shape index (κ2) is 4.84. The molecule has 2 rings (SSSR count). The lowest BCUT2D eigenvalue weighted by Gasteiger charge is -2.28. The summed E-state index contributed by atoms with van der Waals surface area (Å²) in [5.74, 6) is -1.69. The lowest BCUT2D eigenvalue weighted by molar-refractivity contribution is 0.0685. The van der Waals surface area contributed by atoms with Crippen LogP contribution in [0.1, 0.15) is 59.9 Å². The number of hydrogen-bond acceptors (Lipinski definition) is 3. The summed E-state index contributed by atoms with van der Waals surface area (Å²) >= 11 is 0. The molecule has 0 spiro atoms. The molecule has 1 amide bonds. The van der Waals surface area contributed by atoms with Crippen molar-refractivity contribution in [3.05, 3.63) is 23.7 Å². The third-order valence-electron chi connectivity index (χ3n) is 3.72. The van der Waals surface area contributed by atoms with Gasteiger partial charge in [-0.2, -0.15) is 0 Å². The van der Waals surface area contributed by atoms with Gasteiger partial charge in [0.15, 0.2) is 0 Å². The van der Waals surface area contributed by atoms with Gasteiger partial charge in [-0.05, 0) is 25.3 Å². The number of aromatic carboxylic acids is 1. The van der Waals surface area contributed by atoms with Gasteiger partial charge in [-0.3, -0.25) is 4.79 Å². The highest BCUT2D eigenvalue weighted by Gasteiger charge is 2.35. The summed E-state index contributed by atoms with van der Waals surface area (Å²) in [4.78, 5) is 23.0. The fourth-order valence-corrected chi connectivity index (χ4v) is 2.57. The fraction of sp³-hybridized carbons (Fsp3) is 0.538. The van der Waals surface area contributed by atoms with Crippen molar-refractivity contribution >= 4 is 11.9 Å². The van der Waals surface area contributed by atoms with Crippen LogP contribution in [-0.2, 0) is 0 Å².